The van der Waals surface area contributed by atoms with Crippen molar-refractivity contribution in [3.05, 3.63) is 35.4 Å². The lowest BCUT2D eigenvalue weighted by Gasteiger charge is -2.25. The predicted octanol–water partition coefficient (Wildman–Crippen LogP) is 5.05. The standard InChI is InChI=1S/C17H26F3N/c1-5-6-14(12-21-16(2,3)4)11-13-7-9-15(10-8-13)17(18,19)20/h7-10,14,21H,5-6,11-12H2,1-4H3. The smallest absolute Gasteiger partial charge is 0.312 e. The molecule has 1 nitrogen and oxygen atoms in total. The molecule has 21 heavy (non-hydrogen) atoms. The second kappa shape index (κ2) is 7.30. The Morgan fingerprint density at radius 2 is 1.62 bits per heavy atom. The van der Waals surface area contributed by atoms with Crippen molar-refractivity contribution in [2.24, 2.45) is 5.92 Å². The van der Waals surface area contributed by atoms with E-state index in [2.05, 4.69) is 33.0 Å². The van der Waals surface area contributed by atoms with Gasteiger partial charge >= 0.3 is 6.18 Å². The second-order valence-electron chi connectivity index (χ2n) is 6.68. The molecule has 0 fully saturated rings. The van der Waals surface area contributed by atoms with Crippen molar-refractivity contribution in [1.29, 1.82) is 0 Å². The highest BCUT2D eigenvalue weighted by Crippen LogP contribution is 2.29. The molecule has 1 N–H and O–H groups in total. The van der Waals surface area contributed by atoms with Gasteiger partial charge in [-0.15, -0.1) is 0 Å². The lowest BCUT2D eigenvalue weighted by atomic mass is 9.93. The van der Waals surface area contributed by atoms with Crippen LogP contribution in [0.1, 0.15) is 51.7 Å². The van der Waals surface area contributed by atoms with Gasteiger partial charge in [-0.3, -0.25) is 0 Å². The minimum absolute atomic E-state index is 0.0616. The van der Waals surface area contributed by atoms with Gasteiger partial charge in [0.25, 0.3) is 0 Å². The monoisotopic (exact) mass is 301 g/mol. The molecular formula is C17H26F3N. The highest BCUT2D eigenvalue weighted by Gasteiger charge is 2.30. The third kappa shape index (κ3) is 6.98. The van der Waals surface area contributed by atoms with Crippen LogP contribution in [0.3, 0.4) is 0 Å². The van der Waals surface area contributed by atoms with Crippen LogP contribution in [0.2, 0.25) is 0 Å². The molecular weight excluding hydrogens is 275 g/mol. The maximum atomic E-state index is 12.5. The number of hydrogen-bond donors (Lipinski definition) is 1. The van der Waals surface area contributed by atoms with Crippen molar-refractivity contribution in [3.8, 4) is 0 Å². The zero-order chi connectivity index (χ0) is 16.1. The topological polar surface area (TPSA) is 12.0 Å². The zero-order valence-electron chi connectivity index (χ0n) is 13.3. The predicted molar refractivity (Wildman–Crippen MR) is 81.3 cm³/mol. The van der Waals surface area contributed by atoms with Crippen molar-refractivity contribution in [2.45, 2.75) is 58.7 Å². The summed E-state index contributed by atoms with van der Waals surface area (Å²) in [6.07, 6.45) is -1.29. The van der Waals surface area contributed by atoms with E-state index in [4.69, 9.17) is 0 Å². The molecule has 1 aromatic carbocycles. The molecule has 0 aromatic heterocycles. The van der Waals surface area contributed by atoms with Gasteiger partial charge in [0.2, 0.25) is 0 Å². The summed E-state index contributed by atoms with van der Waals surface area (Å²) < 4.78 is 37.6. The number of alkyl halides is 3. The quantitative estimate of drug-likeness (QED) is 0.775. The van der Waals surface area contributed by atoms with Crippen LogP contribution in [0, 0.1) is 5.92 Å². The van der Waals surface area contributed by atoms with E-state index in [1.54, 1.807) is 12.1 Å². The molecule has 0 saturated carbocycles. The summed E-state index contributed by atoms with van der Waals surface area (Å²) in [6, 6.07) is 5.55. The molecule has 1 aromatic rings. The van der Waals surface area contributed by atoms with E-state index in [1.807, 2.05) is 0 Å². The number of benzene rings is 1. The van der Waals surface area contributed by atoms with E-state index in [0.29, 0.717) is 5.92 Å². The molecule has 0 heterocycles. The number of halogens is 3. The minimum atomic E-state index is -4.25. The summed E-state index contributed by atoms with van der Waals surface area (Å²) >= 11 is 0. The largest absolute Gasteiger partial charge is 0.416 e. The van der Waals surface area contributed by atoms with Gasteiger partial charge in [-0.1, -0.05) is 25.5 Å². The molecule has 1 unspecified atom stereocenters. The Hall–Kier alpha value is -1.03. The van der Waals surface area contributed by atoms with Crippen molar-refractivity contribution in [1.82, 2.24) is 5.32 Å². The second-order valence-corrected chi connectivity index (χ2v) is 6.68. The highest BCUT2D eigenvalue weighted by molar-refractivity contribution is 5.25. The molecule has 0 aliphatic heterocycles. The molecule has 4 heteroatoms. The van der Waals surface area contributed by atoms with Crippen molar-refractivity contribution in [2.75, 3.05) is 6.54 Å². The molecule has 0 radical (unpaired) electrons. The Morgan fingerprint density at radius 3 is 2.05 bits per heavy atom. The van der Waals surface area contributed by atoms with Gasteiger partial charge in [-0.05, 0) is 63.8 Å². The van der Waals surface area contributed by atoms with E-state index in [-0.39, 0.29) is 5.54 Å². The maximum absolute atomic E-state index is 12.5. The number of hydrogen-bond acceptors (Lipinski definition) is 1. The summed E-state index contributed by atoms with van der Waals surface area (Å²) in [7, 11) is 0. The zero-order valence-corrected chi connectivity index (χ0v) is 13.3. The van der Waals surface area contributed by atoms with E-state index in [0.717, 1.165) is 31.4 Å². The third-order valence-electron chi connectivity index (χ3n) is 3.42. The van der Waals surface area contributed by atoms with Gasteiger partial charge in [0.05, 0.1) is 5.56 Å². The van der Waals surface area contributed by atoms with Crippen molar-refractivity contribution < 1.29 is 13.2 Å². The first-order chi connectivity index (χ1) is 9.62. The summed E-state index contributed by atoms with van der Waals surface area (Å²) in [5, 5.41) is 3.48. The van der Waals surface area contributed by atoms with Gasteiger partial charge in [0.15, 0.2) is 0 Å². The fourth-order valence-electron chi connectivity index (χ4n) is 2.30. The molecule has 120 valence electrons. The average molecular weight is 301 g/mol. The van der Waals surface area contributed by atoms with E-state index >= 15 is 0 Å². The van der Waals surface area contributed by atoms with Crippen LogP contribution in [0.5, 0.6) is 0 Å². The van der Waals surface area contributed by atoms with Crippen LogP contribution < -0.4 is 5.32 Å². The fraction of sp³-hybridized carbons (Fsp3) is 0.647. The van der Waals surface area contributed by atoms with Crippen LogP contribution >= 0.6 is 0 Å². The fourth-order valence-corrected chi connectivity index (χ4v) is 2.30. The molecule has 0 bridgehead atoms. The summed E-state index contributed by atoms with van der Waals surface area (Å²) in [4.78, 5) is 0. The summed E-state index contributed by atoms with van der Waals surface area (Å²) in [5.74, 6) is 0.450. The SMILES string of the molecule is CCCC(CNC(C)(C)C)Cc1ccc(C(F)(F)F)cc1. The third-order valence-corrected chi connectivity index (χ3v) is 3.42. The Bertz CT molecular complexity index is 415. The lowest BCUT2D eigenvalue weighted by Crippen LogP contribution is -2.39. The first-order valence-corrected chi connectivity index (χ1v) is 7.53. The highest BCUT2D eigenvalue weighted by atomic mass is 19.4. The maximum Gasteiger partial charge on any atom is 0.416 e. The molecule has 0 aliphatic carbocycles. The first-order valence-electron chi connectivity index (χ1n) is 7.53. The van der Waals surface area contributed by atoms with E-state index in [1.165, 1.54) is 12.1 Å². The summed E-state index contributed by atoms with van der Waals surface area (Å²) in [6.45, 7) is 9.38. The Balaban J connectivity index is 2.66. The minimum Gasteiger partial charge on any atom is -0.312 e. The van der Waals surface area contributed by atoms with Gasteiger partial charge in [0, 0.05) is 5.54 Å². The Kier molecular flexibility index (Phi) is 6.26. The summed E-state index contributed by atoms with van der Waals surface area (Å²) in [5.41, 5.74) is 0.454. The first kappa shape index (κ1) is 18.0. The van der Waals surface area contributed by atoms with Crippen molar-refractivity contribution >= 4 is 0 Å². The van der Waals surface area contributed by atoms with Gasteiger partial charge in [0.1, 0.15) is 0 Å². The molecule has 0 aliphatic rings. The van der Waals surface area contributed by atoms with Crippen molar-refractivity contribution in [3.63, 3.8) is 0 Å². The van der Waals surface area contributed by atoms with Crippen LogP contribution in [0.4, 0.5) is 13.2 Å². The molecule has 0 saturated heterocycles. The molecule has 0 spiro atoms. The van der Waals surface area contributed by atoms with Crippen LogP contribution in [0.15, 0.2) is 24.3 Å². The average Bonchev–Trinajstić information content (AvgIpc) is 2.35. The van der Waals surface area contributed by atoms with Gasteiger partial charge in [-0.2, -0.15) is 13.2 Å². The van der Waals surface area contributed by atoms with Gasteiger partial charge in [-0.25, -0.2) is 0 Å². The number of rotatable bonds is 6. The molecule has 0 amide bonds. The molecule has 1 atom stereocenters. The molecule has 1 rings (SSSR count). The van der Waals surface area contributed by atoms with Crippen LogP contribution in [0.25, 0.3) is 0 Å². The lowest BCUT2D eigenvalue weighted by molar-refractivity contribution is -0.137. The van der Waals surface area contributed by atoms with Gasteiger partial charge < -0.3 is 5.32 Å². The van der Waals surface area contributed by atoms with E-state index in [9.17, 15) is 13.2 Å². The van der Waals surface area contributed by atoms with Crippen LogP contribution in [-0.4, -0.2) is 12.1 Å². The number of nitrogens with one attached hydrogen (secondary N) is 1. The normalized spacial score (nSPS) is 14.2. The van der Waals surface area contributed by atoms with Crippen LogP contribution in [-0.2, 0) is 12.6 Å². The Morgan fingerprint density at radius 1 is 1.05 bits per heavy atom. The Labute approximate surface area is 125 Å². The van der Waals surface area contributed by atoms with E-state index < -0.39 is 11.7 Å².